The average molecular weight is 518 g/mol. The first-order valence-corrected chi connectivity index (χ1v) is 13.2. The molecule has 0 atom stereocenters. The molecule has 1 amide bonds. The van der Waals surface area contributed by atoms with Crippen molar-refractivity contribution in [1.29, 1.82) is 0 Å². The Bertz CT molecular complexity index is 1240. The van der Waals surface area contributed by atoms with Crippen LogP contribution in [0.3, 0.4) is 0 Å². The van der Waals surface area contributed by atoms with Crippen molar-refractivity contribution < 1.29 is 31.2 Å². The van der Waals surface area contributed by atoms with Gasteiger partial charge in [-0.15, -0.1) is 0 Å². The Morgan fingerprint density at radius 1 is 1.03 bits per heavy atom. The van der Waals surface area contributed by atoms with Gasteiger partial charge in [-0.1, -0.05) is 11.6 Å². The highest BCUT2D eigenvalue weighted by Gasteiger charge is 2.23. The first-order chi connectivity index (χ1) is 15.3. The number of ether oxygens (including phenoxy) is 1. The number of anilines is 2. The van der Waals surface area contributed by atoms with Gasteiger partial charge in [0.2, 0.25) is 26.0 Å². The molecule has 33 heavy (non-hydrogen) atoms. The maximum absolute atomic E-state index is 12.6. The molecule has 0 aromatic heterocycles. The zero-order chi connectivity index (χ0) is 25.0. The lowest BCUT2D eigenvalue weighted by Crippen LogP contribution is -2.37. The molecule has 0 aliphatic carbocycles. The number of hydrogen-bond donors (Lipinski definition) is 1. The maximum Gasteiger partial charge on any atom is 0.339 e. The second kappa shape index (κ2) is 10.5. The molecular formula is C20H24ClN3O7S2. The molecule has 0 bridgehead atoms. The quantitative estimate of drug-likeness (QED) is 0.504. The van der Waals surface area contributed by atoms with E-state index in [1.54, 1.807) is 6.92 Å². The first-order valence-electron chi connectivity index (χ1n) is 9.54. The van der Waals surface area contributed by atoms with Crippen molar-refractivity contribution in [3.8, 4) is 0 Å². The molecule has 0 spiro atoms. The lowest BCUT2D eigenvalue weighted by atomic mass is 10.2. The van der Waals surface area contributed by atoms with E-state index in [2.05, 4.69) is 5.32 Å². The highest BCUT2D eigenvalue weighted by molar-refractivity contribution is 7.92. The molecule has 2 aromatic rings. The molecule has 13 heteroatoms. The fourth-order valence-electron chi connectivity index (χ4n) is 2.69. The van der Waals surface area contributed by atoms with Gasteiger partial charge >= 0.3 is 5.97 Å². The summed E-state index contributed by atoms with van der Waals surface area (Å²) < 4.78 is 55.8. The number of halogens is 1. The minimum Gasteiger partial charge on any atom is -0.462 e. The van der Waals surface area contributed by atoms with Crippen LogP contribution in [0.1, 0.15) is 17.3 Å². The van der Waals surface area contributed by atoms with Gasteiger partial charge in [0.05, 0.1) is 34.0 Å². The molecular weight excluding hydrogens is 494 g/mol. The third kappa shape index (κ3) is 6.67. The number of carbonyl (C=O) groups excluding carboxylic acids is 2. The number of sulfonamides is 2. The number of esters is 1. The van der Waals surface area contributed by atoms with Crippen LogP contribution in [0.15, 0.2) is 47.4 Å². The highest BCUT2D eigenvalue weighted by Crippen LogP contribution is 2.23. The van der Waals surface area contributed by atoms with Gasteiger partial charge in [-0.25, -0.2) is 25.9 Å². The van der Waals surface area contributed by atoms with Crippen molar-refractivity contribution in [1.82, 2.24) is 4.31 Å². The summed E-state index contributed by atoms with van der Waals surface area (Å²) in [7, 11) is -4.84. The lowest BCUT2D eigenvalue weighted by molar-refractivity contribution is -0.114. The van der Waals surface area contributed by atoms with Crippen LogP contribution in [-0.2, 0) is 29.6 Å². The van der Waals surface area contributed by atoms with Gasteiger partial charge in [0.15, 0.2) is 0 Å². The summed E-state index contributed by atoms with van der Waals surface area (Å²) >= 11 is 6.00. The number of carbonyl (C=O) groups is 2. The average Bonchev–Trinajstić information content (AvgIpc) is 2.72. The molecule has 0 saturated heterocycles. The predicted octanol–water partition coefficient (Wildman–Crippen LogP) is 2.17. The topological polar surface area (TPSA) is 130 Å². The van der Waals surface area contributed by atoms with Gasteiger partial charge in [-0.05, 0) is 49.4 Å². The summed E-state index contributed by atoms with van der Waals surface area (Å²) in [5, 5.41) is 2.65. The minimum absolute atomic E-state index is 0.0261. The predicted molar refractivity (Wildman–Crippen MR) is 126 cm³/mol. The van der Waals surface area contributed by atoms with Gasteiger partial charge in [0, 0.05) is 19.8 Å². The van der Waals surface area contributed by atoms with Crippen LogP contribution in [0.25, 0.3) is 0 Å². The molecule has 0 fully saturated rings. The van der Waals surface area contributed by atoms with E-state index in [1.807, 2.05) is 0 Å². The van der Waals surface area contributed by atoms with Crippen molar-refractivity contribution in [2.24, 2.45) is 0 Å². The zero-order valence-electron chi connectivity index (χ0n) is 18.4. The van der Waals surface area contributed by atoms with Crippen molar-refractivity contribution >= 4 is 54.9 Å². The molecule has 0 saturated carbocycles. The Balaban J connectivity index is 2.26. The normalized spacial score (nSPS) is 11.8. The fourth-order valence-corrected chi connectivity index (χ4v) is 4.65. The smallest absolute Gasteiger partial charge is 0.339 e. The van der Waals surface area contributed by atoms with Crippen LogP contribution in [-0.4, -0.2) is 66.5 Å². The maximum atomic E-state index is 12.6. The molecule has 10 nitrogen and oxygen atoms in total. The monoisotopic (exact) mass is 517 g/mol. The van der Waals surface area contributed by atoms with E-state index in [-0.39, 0.29) is 33.5 Å². The lowest BCUT2D eigenvalue weighted by Gasteiger charge is -2.22. The van der Waals surface area contributed by atoms with Crippen LogP contribution in [0.2, 0.25) is 5.02 Å². The van der Waals surface area contributed by atoms with Gasteiger partial charge in [0.1, 0.15) is 6.54 Å². The van der Waals surface area contributed by atoms with Crippen LogP contribution in [0.4, 0.5) is 11.4 Å². The second-order valence-electron chi connectivity index (χ2n) is 7.01. The largest absolute Gasteiger partial charge is 0.462 e. The van der Waals surface area contributed by atoms with E-state index < -0.39 is 38.5 Å². The first kappa shape index (κ1) is 26.6. The van der Waals surface area contributed by atoms with Crippen molar-refractivity contribution in [3.63, 3.8) is 0 Å². The number of hydrogen-bond acceptors (Lipinski definition) is 7. The summed E-state index contributed by atoms with van der Waals surface area (Å²) in [5.74, 6) is -1.35. The Hall–Kier alpha value is -2.67. The minimum atomic E-state index is -3.89. The number of nitrogens with one attached hydrogen (secondary N) is 1. The molecule has 0 radical (unpaired) electrons. The third-order valence-corrected chi connectivity index (χ3v) is 7.64. The number of amides is 1. The summed E-state index contributed by atoms with van der Waals surface area (Å²) in [6.45, 7) is 1.19. The van der Waals surface area contributed by atoms with Crippen LogP contribution >= 0.6 is 11.6 Å². The van der Waals surface area contributed by atoms with Gasteiger partial charge in [-0.2, -0.15) is 0 Å². The molecule has 2 aromatic carbocycles. The standard InChI is InChI=1S/C20H24ClN3O7S2/c1-5-31-20(26)17-12-14(6-11-18(17)21)22-19(25)13-24(32(4,27)28)15-7-9-16(10-8-15)33(29,30)23(2)3/h6-12H,5,13H2,1-4H3,(H,22,25). The van der Waals surface area contributed by atoms with Crippen LogP contribution < -0.4 is 9.62 Å². The van der Waals surface area contributed by atoms with Gasteiger partial charge < -0.3 is 10.1 Å². The summed E-state index contributed by atoms with van der Waals surface area (Å²) in [5.41, 5.74) is 0.371. The molecule has 180 valence electrons. The molecule has 0 aliphatic rings. The Morgan fingerprint density at radius 2 is 1.64 bits per heavy atom. The molecule has 0 heterocycles. The summed E-state index contributed by atoms with van der Waals surface area (Å²) in [4.78, 5) is 24.5. The van der Waals surface area contributed by atoms with Crippen molar-refractivity contribution in [3.05, 3.63) is 53.1 Å². The molecule has 2 rings (SSSR count). The number of nitrogens with zero attached hydrogens (tertiary/aromatic N) is 2. The Kier molecular flexibility index (Phi) is 8.46. The third-order valence-electron chi connectivity index (χ3n) is 4.34. The van der Waals surface area contributed by atoms with Crippen molar-refractivity contribution in [2.45, 2.75) is 11.8 Å². The molecule has 0 unspecified atom stereocenters. The number of benzene rings is 2. The van der Waals surface area contributed by atoms with E-state index in [4.69, 9.17) is 16.3 Å². The van der Waals surface area contributed by atoms with Gasteiger partial charge in [0.25, 0.3) is 0 Å². The van der Waals surface area contributed by atoms with Crippen LogP contribution in [0.5, 0.6) is 0 Å². The summed E-state index contributed by atoms with van der Waals surface area (Å²) in [6, 6.07) is 9.29. The van der Waals surface area contributed by atoms with E-state index >= 15 is 0 Å². The summed E-state index contributed by atoms with van der Waals surface area (Å²) in [6.07, 6.45) is 0.923. The molecule has 1 N–H and O–H groups in total. The Morgan fingerprint density at radius 3 is 2.15 bits per heavy atom. The van der Waals surface area contributed by atoms with Crippen LogP contribution in [0, 0.1) is 0 Å². The second-order valence-corrected chi connectivity index (χ2v) is 11.5. The SMILES string of the molecule is CCOC(=O)c1cc(NC(=O)CN(c2ccc(S(=O)(=O)N(C)C)cc2)S(C)(=O)=O)ccc1Cl. The van der Waals surface area contributed by atoms with Crippen molar-refractivity contribution in [2.75, 3.05) is 43.1 Å². The van der Waals surface area contributed by atoms with E-state index in [1.165, 1.54) is 56.6 Å². The van der Waals surface area contributed by atoms with E-state index in [9.17, 15) is 26.4 Å². The van der Waals surface area contributed by atoms with Gasteiger partial charge in [-0.3, -0.25) is 9.10 Å². The Labute approximate surface area is 198 Å². The van der Waals surface area contributed by atoms with E-state index in [0.717, 1.165) is 14.9 Å². The fraction of sp³-hybridized carbons (Fsp3) is 0.300. The van der Waals surface area contributed by atoms with E-state index in [0.29, 0.717) is 0 Å². The zero-order valence-corrected chi connectivity index (χ0v) is 20.8. The molecule has 0 aliphatic heterocycles. The highest BCUT2D eigenvalue weighted by atomic mass is 35.5. The number of rotatable bonds is 9.